The van der Waals surface area contributed by atoms with Gasteiger partial charge in [0.2, 0.25) is 0 Å². The van der Waals surface area contributed by atoms with Crippen molar-refractivity contribution in [1.29, 1.82) is 0 Å². The molecule has 1 fully saturated rings. The summed E-state index contributed by atoms with van der Waals surface area (Å²) in [4.78, 5) is 8.74. The Balaban J connectivity index is 1.82. The van der Waals surface area contributed by atoms with Crippen LogP contribution in [-0.2, 0) is 10.8 Å². The van der Waals surface area contributed by atoms with Crippen LogP contribution in [0.1, 0.15) is 6.42 Å². The van der Waals surface area contributed by atoms with Gasteiger partial charge in [-0.3, -0.25) is 9.19 Å². The summed E-state index contributed by atoms with van der Waals surface area (Å²) in [6.45, 7) is 2.00. The van der Waals surface area contributed by atoms with Gasteiger partial charge in [0, 0.05) is 5.75 Å². The molecule has 0 spiro atoms. The van der Waals surface area contributed by atoms with Gasteiger partial charge in [-0.1, -0.05) is 12.1 Å². The topological polar surface area (TPSA) is 54.9 Å². The fourth-order valence-electron chi connectivity index (χ4n) is 2.21. The molecule has 1 aliphatic rings. The van der Waals surface area contributed by atoms with Crippen LogP contribution in [0.25, 0.3) is 11.0 Å². The first kappa shape index (κ1) is 11.7. The number of hydrogen-bond acceptors (Lipinski definition) is 4. The Morgan fingerprint density at radius 3 is 2.94 bits per heavy atom. The van der Waals surface area contributed by atoms with Crippen molar-refractivity contribution in [3.05, 3.63) is 30.5 Å². The van der Waals surface area contributed by atoms with Gasteiger partial charge in [-0.05, 0) is 37.6 Å². The van der Waals surface area contributed by atoms with Crippen LogP contribution < -0.4 is 5.32 Å². The normalized spacial score (nSPS) is 21.2. The highest BCUT2D eigenvalue weighted by atomic mass is 32.2. The minimum atomic E-state index is -1.04. The van der Waals surface area contributed by atoms with E-state index in [4.69, 9.17) is 0 Å². The molecule has 0 radical (unpaired) electrons. The molecule has 4 nitrogen and oxygen atoms in total. The minimum absolute atomic E-state index is 0.499. The summed E-state index contributed by atoms with van der Waals surface area (Å²) in [5.41, 5.74) is 1.66. The van der Waals surface area contributed by atoms with E-state index in [2.05, 4.69) is 15.3 Å². The summed E-state index contributed by atoms with van der Waals surface area (Å²) in [6.07, 6.45) is 2.74. The van der Waals surface area contributed by atoms with Crippen LogP contribution in [-0.4, -0.2) is 33.0 Å². The summed E-state index contributed by atoms with van der Waals surface area (Å²) < 4.78 is 12.2. The Morgan fingerprint density at radius 1 is 1.33 bits per heavy atom. The first-order valence-corrected chi connectivity index (χ1v) is 7.46. The van der Waals surface area contributed by atoms with Gasteiger partial charge in [-0.25, -0.2) is 4.98 Å². The number of fused-ring (bicyclic) bond motifs is 1. The summed E-state index contributed by atoms with van der Waals surface area (Å²) >= 11 is 0. The quantitative estimate of drug-likeness (QED) is 0.906. The number of para-hydroxylation sites is 2. The van der Waals surface area contributed by atoms with Crippen LogP contribution in [0.3, 0.4) is 0 Å². The SMILES string of the molecule is O=[S@@](C[C@H]1CCNC1)c1cnc2ccccc2n1. The molecule has 18 heavy (non-hydrogen) atoms. The highest BCUT2D eigenvalue weighted by molar-refractivity contribution is 7.84. The Labute approximate surface area is 108 Å². The van der Waals surface area contributed by atoms with E-state index in [-0.39, 0.29) is 0 Å². The fraction of sp³-hybridized carbons (Fsp3) is 0.385. The van der Waals surface area contributed by atoms with Crippen LogP contribution in [0.4, 0.5) is 0 Å². The third-order valence-corrected chi connectivity index (χ3v) is 4.65. The molecular formula is C13H15N3OS. The van der Waals surface area contributed by atoms with Crippen molar-refractivity contribution >= 4 is 21.8 Å². The smallest absolute Gasteiger partial charge is 0.146 e. The third-order valence-electron chi connectivity index (χ3n) is 3.21. The van der Waals surface area contributed by atoms with Gasteiger partial charge in [0.25, 0.3) is 0 Å². The number of aromatic nitrogens is 2. The molecule has 2 aromatic rings. The zero-order chi connectivity index (χ0) is 12.4. The molecule has 2 heterocycles. The molecule has 0 aliphatic carbocycles. The Bertz CT molecular complexity index is 581. The molecule has 5 heteroatoms. The second-order valence-corrected chi connectivity index (χ2v) is 6.01. The van der Waals surface area contributed by atoms with Crippen molar-refractivity contribution in [2.75, 3.05) is 18.8 Å². The van der Waals surface area contributed by atoms with Gasteiger partial charge in [0.15, 0.2) is 0 Å². The van der Waals surface area contributed by atoms with Crippen molar-refractivity contribution < 1.29 is 4.21 Å². The van der Waals surface area contributed by atoms with Crippen molar-refractivity contribution in [3.8, 4) is 0 Å². The van der Waals surface area contributed by atoms with E-state index >= 15 is 0 Å². The monoisotopic (exact) mass is 261 g/mol. The molecule has 3 rings (SSSR count). The van der Waals surface area contributed by atoms with E-state index in [1.165, 1.54) is 0 Å². The molecule has 1 saturated heterocycles. The predicted molar refractivity (Wildman–Crippen MR) is 71.8 cm³/mol. The average Bonchev–Trinajstić information content (AvgIpc) is 2.91. The molecular weight excluding hydrogens is 246 g/mol. The van der Waals surface area contributed by atoms with Crippen molar-refractivity contribution in [2.45, 2.75) is 11.4 Å². The molecule has 94 valence electrons. The standard InChI is InChI=1S/C13H15N3OS/c17-18(9-10-5-6-14-7-10)13-8-15-11-3-1-2-4-12(11)16-13/h1-4,8,10,14H,5-7,9H2/t10-,18-/m0/s1. The van der Waals surface area contributed by atoms with Crippen LogP contribution in [0, 0.1) is 5.92 Å². The third kappa shape index (κ3) is 2.42. The van der Waals surface area contributed by atoms with E-state index in [1.807, 2.05) is 24.3 Å². The maximum absolute atomic E-state index is 12.2. The zero-order valence-electron chi connectivity index (χ0n) is 10.0. The van der Waals surface area contributed by atoms with E-state index in [0.29, 0.717) is 16.7 Å². The second kappa shape index (κ2) is 5.12. The van der Waals surface area contributed by atoms with Crippen LogP contribution in [0.2, 0.25) is 0 Å². The van der Waals surface area contributed by atoms with Crippen LogP contribution in [0.5, 0.6) is 0 Å². The number of nitrogens with one attached hydrogen (secondary N) is 1. The van der Waals surface area contributed by atoms with Gasteiger partial charge in [0.1, 0.15) is 5.03 Å². The number of hydrogen-bond donors (Lipinski definition) is 1. The second-order valence-electron chi connectivity index (χ2n) is 4.57. The lowest BCUT2D eigenvalue weighted by atomic mass is 10.2. The molecule has 2 atom stereocenters. The summed E-state index contributed by atoms with van der Waals surface area (Å²) in [5.74, 6) is 1.18. The molecule has 0 saturated carbocycles. The summed E-state index contributed by atoms with van der Waals surface area (Å²) in [7, 11) is -1.04. The fourth-order valence-corrected chi connectivity index (χ4v) is 3.46. The molecule has 1 N–H and O–H groups in total. The largest absolute Gasteiger partial charge is 0.316 e. The van der Waals surface area contributed by atoms with Crippen molar-refractivity contribution in [3.63, 3.8) is 0 Å². The lowest BCUT2D eigenvalue weighted by Crippen LogP contribution is -2.15. The number of benzene rings is 1. The van der Waals surface area contributed by atoms with Gasteiger partial charge >= 0.3 is 0 Å². The average molecular weight is 261 g/mol. The first-order valence-electron chi connectivity index (χ1n) is 6.14. The summed E-state index contributed by atoms with van der Waals surface area (Å²) in [5, 5.41) is 3.89. The number of nitrogens with zero attached hydrogens (tertiary/aromatic N) is 2. The maximum atomic E-state index is 12.2. The Hall–Kier alpha value is -1.33. The number of rotatable bonds is 3. The van der Waals surface area contributed by atoms with E-state index in [9.17, 15) is 4.21 Å². The van der Waals surface area contributed by atoms with Gasteiger partial charge in [-0.2, -0.15) is 0 Å². The van der Waals surface area contributed by atoms with E-state index in [1.54, 1.807) is 6.20 Å². The maximum Gasteiger partial charge on any atom is 0.146 e. The van der Waals surface area contributed by atoms with Crippen LogP contribution in [0.15, 0.2) is 35.5 Å². The zero-order valence-corrected chi connectivity index (χ0v) is 10.8. The molecule has 1 aromatic heterocycles. The Morgan fingerprint density at radius 2 is 2.17 bits per heavy atom. The predicted octanol–water partition coefficient (Wildman–Crippen LogP) is 1.35. The first-order chi connectivity index (χ1) is 8.83. The molecule has 0 unspecified atom stereocenters. The molecule has 1 aliphatic heterocycles. The summed E-state index contributed by atoms with van der Waals surface area (Å²) in [6, 6.07) is 7.67. The van der Waals surface area contributed by atoms with Gasteiger partial charge < -0.3 is 5.32 Å². The van der Waals surface area contributed by atoms with E-state index < -0.39 is 10.8 Å². The minimum Gasteiger partial charge on any atom is -0.316 e. The molecule has 0 bridgehead atoms. The van der Waals surface area contributed by atoms with E-state index in [0.717, 1.165) is 30.5 Å². The lowest BCUT2D eigenvalue weighted by Gasteiger charge is -2.07. The van der Waals surface area contributed by atoms with Crippen molar-refractivity contribution in [2.24, 2.45) is 5.92 Å². The van der Waals surface area contributed by atoms with Crippen molar-refractivity contribution in [1.82, 2.24) is 15.3 Å². The lowest BCUT2D eigenvalue weighted by molar-refractivity contribution is 0.631. The molecule has 0 amide bonds. The highest BCUT2D eigenvalue weighted by Gasteiger charge is 2.19. The van der Waals surface area contributed by atoms with Gasteiger partial charge in [-0.15, -0.1) is 0 Å². The highest BCUT2D eigenvalue weighted by Crippen LogP contribution is 2.15. The molecule has 1 aromatic carbocycles. The van der Waals surface area contributed by atoms with Crippen LogP contribution >= 0.6 is 0 Å². The van der Waals surface area contributed by atoms with Gasteiger partial charge in [0.05, 0.1) is 28.0 Å². The Kier molecular flexibility index (Phi) is 3.34.